The SMILES string of the molecule is C=C(C)C1(I)C(I)=C(I)C=C(I)C1I. The summed E-state index contributed by atoms with van der Waals surface area (Å²) in [6, 6.07) is 0. The molecule has 1 rings (SSSR count). The van der Waals surface area contributed by atoms with Crippen LogP contribution in [0, 0.1) is 0 Å². The van der Waals surface area contributed by atoms with Crippen LogP contribution in [-0.2, 0) is 0 Å². The minimum absolute atomic E-state index is 0.0840. The third-order valence-corrected chi connectivity index (χ3v) is 13.4. The Balaban J connectivity index is 3.34. The monoisotopic (exact) mass is 750 g/mol. The molecule has 1 aliphatic carbocycles. The highest BCUT2D eigenvalue weighted by molar-refractivity contribution is 14.1. The Morgan fingerprint density at radius 2 is 1.93 bits per heavy atom. The van der Waals surface area contributed by atoms with Gasteiger partial charge in [0.2, 0.25) is 0 Å². The van der Waals surface area contributed by atoms with Crippen LogP contribution in [0.5, 0.6) is 0 Å². The average molecular weight is 750 g/mol. The van der Waals surface area contributed by atoms with Gasteiger partial charge in [0.05, 0.1) is 7.35 Å². The van der Waals surface area contributed by atoms with Crippen molar-refractivity contribution in [1.29, 1.82) is 0 Å². The van der Waals surface area contributed by atoms with Gasteiger partial charge in [0.15, 0.2) is 0 Å². The summed E-state index contributed by atoms with van der Waals surface area (Å²) in [6.07, 6.45) is 2.26. The maximum absolute atomic E-state index is 4.14. The molecule has 1 aliphatic rings. The molecule has 5 heteroatoms. The highest BCUT2D eigenvalue weighted by Gasteiger charge is 2.43. The lowest BCUT2D eigenvalue weighted by molar-refractivity contribution is 0.894. The van der Waals surface area contributed by atoms with Crippen LogP contribution < -0.4 is 0 Å². The smallest absolute Gasteiger partial charge is 0.0903 e. The standard InChI is InChI=1S/C9H7I5/c1-4(2)9(14)7(12)5(10)3-6(11)8(9)13/h3,7H,1H2,2H3. The van der Waals surface area contributed by atoms with Crippen molar-refractivity contribution in [3.63, 3.8) is 0 Å². The first-order valence-electron chi connectivity index (χ1n) is 3.73. The molecule has 0 aromatic heterocycles. The second kappa shape index (κ2) is 5.67. The summed E-state index contributed by atoms with van der Waals surface area (Å²) < 4.78 is 4.75. The molecule has 78 valence electrons. The highest BCUT2D eigenvalue weighted by Crippen LogP contribution is 2.53. The van der Waals surface area contributed by atoms with Gasteiger partial charge in [-0.3, -0.25) is 0 Å². The summed E-state index contributed by atoms with van der Waals surface area (Å²) >= 11 is 12.3. The lowest BCUT2D eigenvalue weighted by atomic mass is 9.94. The number of alkyl halides is 2. The summed E-state index contributed by atoms with van der Waals surface area (Å²) in [7, 11) is 0. The third-order valence-electron chi connectivity index (χ3n) is 2.01. The zero-order valence-electron chi connectivity index (χ0n) is 7.25. The molecule has 0 saturated carbocycles. The van der Waals surface area contributed by atoms with E-state index in [4.69, 9.17) is 0 Å². The van der Waals surface area contributed by atoms with Crippen LogP contribution in [0.2, 0.25) is 0 Å². The minimum Gasteiger partial charge on any atom is -0.0984 e. The minimum atomic E-state index is 0.0840. The fraction of sp³-hybridized carbons (Fsp3) is 0.333. The molecule has 2 atom stereocenters. The van der Waals surface area contributed by atoms with Crippen LogP contribution in [0.4, 0.5) is 0 Å². The van der Waals surface area contributed by atoms with Gasteiger partial charge in [-0.05, 0) is 80.8 Å². The van der Waals surface area contributed by atoms with Gasteiger partial charge in [0.25, 0.3) is 0 Å². The van der Waals surface area contributed by atoms with Crippen LogP contribution in [-0.4, -0.2) is 7.35 Å². The molecular weight excluding hydrogens is 743 g/mol. The zero-order chi connectivity index (χ0) is 11.1. The lowest BCUT2D eigenvalue weighted by Gasteiger charge is -2.36. The Hall–Kier alpha value is 2.87. The van der Waals surface area contributed by atoms with Gasteiger partial charge in [-0.2, -0.15) is 0 Å². The highest BCUT2D eigenvalue weighted by atomic mass is 127. The molecule has 0 N–H and O–H groups in total. The van der Waals surface area contributed by atoms with E-state index < -0.39 is 0 Å². The molecule has 0 bridgehead atoms. The first-order valence-corrected chi connectivity index (χ1v) is 9.29. The predicted octanol–water partition coefficient (Wildman–Crippen LogP) is 5.95. The lowest BCUT2D eigenvalue weighted by Crippen LogP contribution is -2.35. The van der Waals surface area contributed by atoms with E-state index in [1.165, 1.54) is 16.3 Å². The largest absolute Gasteiger partial charge is 0.0984 e. The summed E-state index contributed by atoms with van der Waals surface area (Å²) in [4.78, 5) is 0. The maximum Gasteiger partial charge on any atom is 0.0903 e. The molecule has 14 heavy (non-hydrogen) atoms. The van der Waals surface area contributed by atoms with E-state index in [0.29, 0.717) is 3.92 Å². The number of hydrogen-bond donors (Lipinski definition) is 0. The fourth-order valence-corrected chi connectivity index (χ4v) is 7.56. The van der Waals surface area contributed by atoms with Crippen molar-refractivity contribution in [2.45, 2.75) is 14.3 Å². The van der Waals surface area contributed by atoms with Crippen LogP contribution >= 0.6 is 113 Å². The topological polar surface area (TPSA) is 0 Å². The average Bonchev–Trinajstić information content (AvgIpc) is 2.11. The van der Waals surface area contributed by atoms with Crippen molar-refractivity contribution in [3.05, 3.63) is 29.0 Å². The molecule has 0 aliphatic heterocycles. The second-order valence-electron chi connectivity index (χ2n) is 3.05. The summed E-state index contributed by atoms with van der Waals surface area (Å²) in [5.41, 5.74) is 1.23. The van der Waals surface area contributed by atoms with Crippen LogP contribution in [0.3, 0.4) is 0 Å². The van der Waals surface area contributed by atoms with Crippen LogP contribution in [0.25, 0.3) is 0 Å². The van der Waals surface area contributed by atoms with Gasteiger partial charge >= 0.3 is 0 Å². The molecule has 0 amide bonds. The molecule has 0 nitrogen and oxygen atoms in total. The number of allylic oxidation sites excluding steroid dienone is 5. The molecule has 0 aromatic rings. The molecule has 0 saturated heterocycles. The van der Waals surface area contributed by atoms with E-state index in [1.807, 2.05) is 0 Å². The normalized spacial score (nSPS) is 33.0. The third kappa shape index (κ3) is 2.65. The molecule has 0 radical (unpaired) electrons. The number of hydrogen-bond acceptors (Lipinski definition) is 0. The Morgan fingerprint density at radius 1 is 1.43 bits per heavy atom. The second-order valence-corrected chi connectivity index (χ2v) is 9.48. The van der Waals surface area contributed by atoms with Crippen molar-refractivity contribution < 1.29 is 0 Å². The molecule has 2 unspecified atom stereocenters. The van der Waals surface area contributed by atoms with E-state index in [0.717, 1.165) is 0 Å². The number of rotatable bonds is 1. The summed E-state index contributed by atoms with van der Waals surface area (Å²) in [5.74, 6) is 0. The van der Waals surface area contributed by atoms with Crippen molar-refractivity contribution in [1.82, 2.24) is 0 Å². The van der Waals surface area contributed by atoms with Gasteiger partial charge in [-0.25, -0.2) is 0 Å². The van der Waals surface area contributed by atoms with E-state index in [-0.39, 0.29) is 3.42 Å². The van der Waals surface area contributed by atoms with Crippen LogP contribution in [0.15, 0.2) is 29.0 Å². The summed E-state index contributed by atoms with van der Waals surface area (Å²) in [5, 5.41) is 0. The number of halogens is 5. The van der Waals surface area contributed by atoms with Gasteiger partial charge in [-0.1, -0.05) is 57.3 Å². The van der Waals surface area contributed by atoms with Gasteiger partial charge < -0.3 is 0 Å². The fourth-order valence-electron chi connectivity index (χ4n) is 1.14. The van der Waals surface area contributed by atoms with E-state index in [1.54, 1.807) is 0 Å². The van der Waals surface area contributed by atoms with E-state index in [2.05, 4.69) is 133 Å². The maximum atomic E-state index is 4.14. The Bertz CT molecular complexity index is 341. The molecule has 0 fully saturated rings. The summed E-state index contributed by atoms with van der Waals surface area (Å²) in [6.45, 7) is 6.26. The quantitative estimate of drug-likeness (QED) is 0.177. The zero-order valence-corrected chi connectivity index (χ0v) is 18.0. The van der Waals surface area contributed by atoms with Crippen molar-refractivity contribution in [3.8, 4) is 0 Å². The Morgan fingerprint density at radius 3 is 2.36 bits per heavy atom. The Labute approximate surface area is 153 Å². The molecular formula is C9H7I5. The van der Waals surface area contributed by atoms with Gasteiger partial charge in [0.1, 0.15) is 0 Å². The van der Waals surface area contributed by atoms with Gasteiger partial charge in [0, 0.05) is 10.7 Å². The van der Waals surface area contributed by atoms with E-state index in [9.17, 15) is 0 Å². The first-order chi connectivity index (χ1) is 6.31. The van der Waals surface area contributed by atoms with Crippen molar-refractivity contribution in [2.24, 2.45) is 0 Å². The Kier molecular flexibility index (Phi) is 6.05. The van der Waals surface area contributed by atoms with Crippen LogP contribution in [0.1, 0.15) is 6.92 Å². The van der Waals surface area contributed by atoms with Crippen molar-refractivity contribution in [2.75, 3.05) is 0 Å². The molecule has 0 heterocycles. The van der Waals surface area contributed by atoms with Gasteiger partial charge in [-0.15, -0.1) is 0 Å². The molecule has 0 aromatic carbocycles. The molecule has 0 spiro atoms. The predicted molar refractivity (Wildman–Crippen MR) is 107 cm³/mol. The van der Waals surface area contributed by atoms with Crippen molar-refractivity contribution >= 4 is 113 Å². The van der Waals surface area contributed by atoms with E-state index >= 15 is 0 Å². The first kappa shape index (κ1) is 14.9.